The molecule has 0 radical (unpaired) electrons. The summed E-state index contributed by atoms with van der Waals surface area (Å²) in [6.45, 7) is 2.31. The fourth-order valence-electron chi connectivity index (χ4n) is 3.30. The number of carbonyl (C=O) groups excluding carboxylic acids is 1. The number of hydrogen-bond donors (Lipinski definition) is 0. The zero-order valence-electron chi connectivity index (χ0n) is 14.3. The number of hydrogen-bond acceptors (Lipinski definition) is 2. The number of carbonyl (C=O) groups is 1. The Balaban J connectivity index is 1.74. The van der Waals surface area contributed by atoms with E-state index in [-0.39, 0.29) is 12.3 Å². The maximum absolute atomic E-state index is 13.1. The molecule has 0 spiro atoms. The Bertz CT molecular complexity index is 1050. The van der Waals surface area contributed by atoms with Crippen molar-refractivity contribution in [3.8, 4) is 22.5 Å². The summed E-state index contributed by atoms with van der Waals surface area (Å²) in [6, 6.07) is 19.9. The van der Waals surface area contributed by atoms with Gasteiger partial charge >= 0.3 is 0 Å². The lowest BCUT2D eigenvalue weighted by Gasteiger charge is -2.15. The van der Waals surface area contributed by atoms with Gasteiger partial charge in [0, 0.05) is 28.0 Å². The van der Waals surface area contributed by atoms with Gasteiger partial charge in [-0.2, -0.15) is 0 Å². The lowest BCUT2D eigenvalue weighted by atomic mass is 9.93. The van der Waals surface area contributed by atoms with Gasteiger partial charge in [0.2, 0.25) is 0 Å². The van der Waals surface area contributed by atoms with Gasteiger partial charge in [-0.25, -0.2) is 4.98 Å². The molecule has 2 aromatic rings. The molecule has 2 heterocycles. The van der Waals surface area contributed by atoms with Gasteiger partial charge in [0.05, 0.1) is 6.54 Å². The van der Waals surface area contributed by atoms with E-state index < -0.39 is 0 Å². The normalized spacial score (nSPS) is 11.0. The number of aryl methyl sites for hydroxylation is 1. The van der Waals surface area contributed by atoms with Crippen LogP contribution in [0.15, 0.2) is 77.5 Å². The molecule has 0 fully saturated rings. The third-order valence-electron chi connectivity index (χ3n) is 4.54. The molecule has 4 rings (SSSR count). The molecule has 0 bridgehead atoms. The highest BCUT2D eigenvalue weighted by molar-refractivity contribution is 9.10. The van der Waals surface area contributed by atoms with Crippen LogP contribution in [0.1, 0.15) is 15.9 Å². The minimum Gasteiger partial charge on any atom is -0.325 e. The Morgan fingerprint density at radius 3 is 2.62 bits per heavy atom. The number of rotatable bonds is 4. The van der Waals surface area contributed by atoms with Crippen molar-refractivity contribution in [2.75, 3.05) is 0 Å². The van der Waals surface area contributed by atoms with E-state index in [1.54, 1.807) is 6.20 Å². The predicted molar refractivity (Wildman–Crippen MR) is 107 cm³/mol. The highest BCUT2D eigenvalue weighted by Gasteiger charge is 2.17. The van der Waals surface area contributed by atoms with Crippen molar-refractivity contribution in [2.45, 2.75) is 13.5 Å². The molecular weight excluding hydrogens is 388 g/mol. The maximum atomic E-state index is 13.1. The van der Waals surface area contributed by atoms with Crippen LogP contribution in [-0.4, -0.2) is 15.3 Å². The van der Waals surface area contributed by atoms with E-state index in [0.717, 1.165) is 38.1 Å². The monoisotopic (exact) mass is 404 g/mol. The van der Waals surface area contributed by atoms with Crippen molar-refractivity contribution in [2.24, 2.45) is 0 Å². The predicted octanol–water partition coefficient (Wildman–Crippen LogP) is 5.61. The number of nitrogens with zero attached hydrogens (tertiary/aromatic N) is 2. The zero-order chi connectivity index (χ0) is 18.1. The van der Waals surface area contributed by atoms with Crippen LogP contribution in [0, 0.1) is 6.92 Å². The fourth-order valence-corrected chi connectivity index (χ4v) is 3.56. The van der Waals surface area contributed by atoms with Gasteiger partial charge in [0.25, 0.3) is 0 Å². The molecule has 2 aromatic carbocycles. The Morgan fingerprint density at radius 1 is 1.00 bits per heavy atom. The van der Waals surface area contributed by atoms with Crippen LogP contribution < -0.4 is 0 Å². The molecule has 0 amide bonds. The van der Waals surface area contributed by atoms with E-state index in [4.69, 9.17) is 0 Å². The molecule has 2 aliphatic rings. The third kappa shape index (κ3) is 3.08. The average molecular weight is 405 g/mol. The van der Waals surface area contributed by atoms with Crippen LogP contribution in [0.5, 0.6) is 0 Å². The van der Waals surface area contributed by atoms with E-state index in [9.17, 15) is 4.79 Å². The number of halogens is 1. The first-order chi connectivity index (χ1) is 12.6. The van der Waals surface area contributed by atoms with E-state index in [0.29, 0.717) is 0 Å². The standard InChI is InChI=1S/C22H17BrN2O/c1-15-4-2-6-19(21(15)16-7-9-18(23)10-8-16)20(26)14-25-13-3-5-17-11-12-24-22(17)25/h2-13H,14H2,1H3. The van der Waals surface area contributed by atoms with E-state index >= 15 is 0 Å². The molecule has 0 N–H and O–H groups in total. The van der Waals surface area contributed by atoms with Crippen LogP contribution in [0.2, 0.25) is 0 Å². The molecule has 0 aromatic heterocycles. The number of fused-ring (bicyclic) bond motifs is 1. The first kappa shape index (κ1) is 16.7. The summed E-state index contributed by atoms with van der Waals surface area (Å²) in [5.74, 6) is 0.908. The summed E-state index contributed by atoms with van der Waals surface area (Å²) >= 11 is 3.47. The minimum absolute atomic E-state index is 0.0760. The average Bonchev–Trinajstić information content (AvgIpc) is 3.12. The topological polar surface area (TPSA) is 34.9 Å². The largest absolute Gasteiger partial charge is 0.325 e. The smallest absolute Gasteiger partial charge is 0.183 e. The number of pyridine rings is 1. The van der Waals surface area contributed by atoms with Gasteiger partial charge in [-0.1, -0.05) is 46.3 Å². The second-order valence-corrected chi connectivity index (χ2v) is 7.20. The van der Waals surface area contributed by atoms with Crippen molar-refractivity contribution >= 4 is 21.7 Å². The van der Waals surface area contributed by atoms with Gasteiger partial charge in [-0.15, -0.1) is 0 Å². The molecule has 2 aliphatic heterocycles. The molecule has 0 saturated heterocycles. The lowest BCUT2D eigenvalue weighted by Crippen LogP contribution is -2.14. The van der Waals surface area contributed by atoms with Gasteiger partial charge < -0.3 is 4.57 Å². The Morgan fingerprint density at radius 2 is 1.81 bits per heavy atom. The first-order valence-corrected chi connectivity index (χ1v) is 9.21. The van der Waals surface area contributed by atoms with Gasteiger partial charge in [0.1, 0.15) is 5.82 Å². The summed E-state index contributed by atoms with van der Waals surface area (Å²) in [4.78, 5) is 17.5. The minimum atomic E-state index is 0.0760. The SMILES string of the molecule is Cc1cccc(C(=O)Cn2cccc3ccnc2-3)c1-c1ccc(Br)cc1. The van der Waals surface area contributed by atoms with Crippen molar-refractivity contribution in [3.63, 3.8) is 0 Å². The van der Waals surface area contributed by atoms with Crippen molar-refractivity contribution in [1.29, 1.82) is 0 Å². The van der Waals surface area contributed by atoms with Crippen LogP contribution in [0.3, 0.4) is 0 Å². The van der Waals surface area contributed by atoms with Crippen LogP contribution >= 0.6 is 15.9 Å². The molecule has 0 aliphatic carbocycles. The van der Waals surface area contributed by atoms with Crippen molar-refractivity contribution < 1.29 is 4.79 Å². The first-order valence-electron chi connectivity index (χ1n) is 8.42. The molecule has 3 nitrogen and oxygen atoms in total. The van der Waals surface area contributed by atoms with Crippen molar-refractivity contribution in [3.05, 3.63) is 88.7 Å². The summed E-state index contributed by atoms with van der Waals surface area (Å²) < 4.78 is 2.93. The fraction of sp³-hybridized carbons (Fsp3) is 0.0909. The molecule has 128 valence electrons. The Hall–Kier alpha value is -2.72. The van der Waals surface area contributed by atoms with Gasteiger partial charge in [-0.3, -0.25) is 4.79 Å². The summed E-state index contributed by atoms with van der Waals surface area (Å²) in [7, 11) is 0. The summed E-state index contributed by atoms with van der Waals surface area (Å²) in [5, 5.41) is 0. The van der Waals surface area contributed by atoms with Crippen molar-refractivity contribution in [1.82, 2.24) is 9.55 Å². The van der Waals surface area contributed by atoms with Crippen LogP contribution in [0.25, 0.3) is 22.5 Å². The lowest BCUT2D eigenvalue weighted by molar-refractivity contribution is 0.0972. The summed E-state index contributed by atoms with van der Waals surface area (Å²) in [5.41, 5.74) is 4.91. The number of Topliss-reactive ketones (excluding diaryl/α,β-unsaturated/α-hetero) is 1. The molecule has 26 heavy (non-hydrogen) atoms. The highest BCUT2D eigenvalue weighted by atomic mass is 79.9. The van der Waals surface area contributed by atoms with E-state index in [1.165, 1.54) is 0 Å². The van der Waals surface area contributed by atoms with Crippen LogP contribution in [-0.2, 0) is 6.54 Å². The van der Waals surface area contributed by atoms with Crippen LogP contribution in [0.4, 0.5) is 0 Å². The number of benzene rings is 2. The number of aromatic nitrogens is 2. The Kier molecular flexibility index (Phi) is 4.43. The molecular formula is C22H17BrN2O. The van der Waals surface area contributed by atoms with Gasteiger partial charge in [-0.05, 0) is 53.9 Å². The van der Waals surface area contributed by atoms with E-state index in [1.807, 2.05) is 78.4 Å². The second-order valence-electron chi connectivity index (χ2n) is 6.29. The summed E-state index contributed by atoms with van der Waals surface area (Å²) in [6.07, 6.45) is 3.67. The molecule has 4 heteroatoms. The van der Waals surface area contributed by atoms with E-state index in [2.05, 4.69) is 20.9 Å². The van der Waals surface area contributed by atoms with Gasteiger partial charge in [0.15, 0.2) is 5.78 Å². The zero-order valence-corrected chi connectivity index (χ0v) is 15.9. The quantitative estimate of drug-likeness (QED) is 0.414. The molecule has 0 unspecified atom stereocenters. The molecule has 0 saturated carbocycles. The third-order valence-corrected chi connectivity index (χ3v) is 5.07. The second kappa shape index (κ2) is 6.89. The number of ketones is 1. The molecule has 0 atom stereocenters. The Labute approximate surface area is 160 Å². The highest BCUT2D eigenvalue weighted by Crippen LogP contribution is 2.30. The maximum Gasteiger partial charge on any atom is 0.183 e.